The summed E-state index contributed by atoms with van der Waals surface area (Å²) in [7, 11) is 0. The van der Waals surface area contributed by atoms with Gasteiger partial charge in [-0.3, -0.25) is 9.98 Å². The molecule has 3 nitrogen and oxygen atoms in total. The van der Waals surface area contributed by atoms with E-state index in [1.807, 2.05) is 12.2 Å². The lowest BCUT2D eigenvalue weighted by Crippen LogP contribution is -1.94. The van der Waals surface area contributed by atoms with Crippen LogP contribution in [0, 0.1) is 5.41 Å². The molecular weight excluding hydrogens is 138 g/mol. The van der Waals surface area contributed by atoms with Crippen LogP contribution in [0.4, 0.5) is 0 Å². The van der Waals surface area contributed by atoms with Crippen LogP contribution >= 0.6 is 0 Å². The van der Waals surface area contributed by atoms with E-state index in [0.717, 1.165) is 12.2 Å². The van der Waals surface area contributed by atoms with Crippen LogP contribution in [0.5, 0.6) is 0 Å². The van der Waals surface area contributed by atoms with E-state index in [1.54, 1.807) is 17.0 Å². The summed E-state index contributed by atoms with van der Waals surface area (Å²) in [5.41, 5.74) is 0. The van der Waals surface area contributed by atoms with Crippen molar-refractivity contribution in [2.24, 2.45) is 0 Å². The van der Waals surface area contributed by atoms with E-state index in [1.165, 1.54) is 6.34 Å². The van der Waals surface area contributed by atoms with E-state index >= 15 is 0 Å². The Morgan fingerprint density at radius 2 is 2.55 bits per heavy atom. The fraction of sp³-hybridized carbons (Fsp3) is 0.250. The largest absolute Gasteiger partial charge is 0.291 e. The third-order valence-corrected chi connectivity index (χ3v) is 1.34. The van der Waals surface area contributed by atoms with E-state index in [0.29, 0.717) is 0 Å². The number of nitrogens with one attached hydrogen (secondary N) is 1. The van der Waals surface area contributed by atoms with Crippen molar-refractivity contribution in [2.45, 2.75) is 13.3 Å². The van der Waals surface area contributed by atoms with Gasteiger partial charge >= 0.3 is 0 Å². The van der Waals surface area contributed by atoms with Crippen molar-refractivity contribution in [3.8, 4) is 0 Å². The second-order valence-electron chi connectivity index (χ2n) is 2.13. The molecule has 1 N–H and O–H groups in total. The number of rotatable bonds is 3. The molecule has 0 radical (unpaired) electrons. The second kappa shape index (κ2) is 3.71. The molecule has 0 fully saturated rings. The zero-order valence-corrected chi connectivity index (χ0v) is 6.49. The summed E-state index contributed by atoms with van der Waals surface area (Å²) < 4.78 is 1.66. The number of aromatic nitrogens is 2. The highest BCUT2D eigenvalue weighted by Gasteiger charge is 1.92. The Kier molecular flexibility index (Phi) is 2.60. The number of nitrogens with zero attached hydrogens (tertiary/aromatic N) is 2. The van der Waals surface area contributed by atoms with Crippen LogP contribution in [0.1, 0.15) is 19.2 Å². The fourth-order valence-corrected chi connectivity index (χ4v) is 0.786. The van der Waals surface area contributed by atoms with Crippen molar-refractivity contribution >= 4 is 12.4 Å². The molecule has 0 saturated carbocycles. The van der Waals surface area contributed by atoms with Gasteiger partial charge < -0.3 is 0 Å². The van der Waals surface area contributed by atoms with E-state index in [2.05, 4.69) is 11.9 Å². The Hall–Kier alpha value is -1.38. The monoisotopic (exact) mass is 149 g/mol. The Morgan fingerprint density at radius 1 is 1.73 bits per heavy atom. The first-order valence-corrected chi connectivity index (χ1v) is 3.58. The molecule has 1 aromatic heterocycles. The SMILES string of the molecule is CC/C=C\c1nccn1C=N. The maximum Gasteiger partial charge on any atom is 0.137 e. The van der Waals surface area contributed by atoms with Crippen LogP contribution in [0.3, 0.4) is 0 Å². The van der Waals surface area contributed by atoms with Gasteiger partial charge in [0.2, 0.25) is 0 Å². The number of hydrogen-bond donors (Lipinski definition) is 1. The number of allylic oxidation sites excluding steroid dienone is 1. The fourth-order valence-electron chi connectivity index (χ4n) is 0.786. The molecule has 0 unspecified atom stereocenters. The smallest absolute Gasteiger partial charge is 0.137 e. The number of imidazole rings is 1. The first-order chi connectivity index (χ1) is 5.38. The first-order valence-electron chi connectivity index (χ1n) is 3.58. The normalized spacial score (nSPS) is 10.6. The highest BCUT2D eigenvalue weighted by Crippen LogP contribution is 1.97. The molecule has 0 amide bonds. The van der Waals surface area contributed by atoms with Crippen LogP contribution in [0.2, 0.25) is 0 Å². The van der Waals surface area contributed by atoms with Crippen molar-refractivity contribution in [1.29, 1.82) is 5.41 Å². The van der Waals surface area contributed by atoms with E-state index in [9.17, 15) is 0 Å². The van der Waals surface area contributed by atoms with Gasteiger partial charge in [0.05, 0.1) is 6.34 Å². The molecule has 0 aliphatic heterocycles. The van der Waals surface area contributed by atoms with Gasteiger partial charge in [-0.05, 0) is 12.5 Å². The Labute approximate surface area is 65.9 Å². The quantitative estimate of drug-likeness (QED) is 0.516. The minimum absolute atomic E-state index is 0.807. The molecule has 1 rings (SSSR count). The minimum Gasteiger partial charge on any atom is -0.291 e. The lowest BCUT2D eigenvalue weighted by atomic mass is 10.4. The molecule has 3 heteroatoms. The van der Waals surface area contributed by atoms with Crippen LogP contribution in [0.15, 0.2) is 18.5 Å². The van der Waals surface area contributed by atoms with Crippen molar-refractivity contribution in [3.63, 3.8) is 0 Å². The summed E-state index contributed by atoms with van der Waals surface area (Å²) in [5.74, 6) is 0.807. The van der Waals surface area contributed by atoms with Gasteiger partial charge in [-0.15, -0.1) is 0 Å². The summed E-state index contributed by atoms with van der Waals surface area (Å²) >= 11 is 0. The lowest BCUT2D eigenvalue weighted by molar-refractivity contribution is 1.11. The van der Waals surface area contributed by atoms with E-state index in [-0.39, 0.29) is 0 Å². The van der Waals surface area contributed by atoms with E-state index < -0.39 is 0 Å². The van der Waals surface area contributed by atoms with Gasteiger partial charge in [0, 0.05) is 12.4 Å². The van der Waals surface area contributed by atoms with Crippen LogP contribution in [0.25, 0.3) is 6.08 Å². The molecule has 0 bridgehead atoms. The molecule has 1 heterocycles. The molecular formula is C8H11N3. The summed E-state index contributed by atoms with van der Waals surface area (Å²) in [5, 5.41) is 7.00. The van der Waals surface area contributed by atoms with Gasteiger partial charge in [-0.25, -0.2) is 4.98 Å². The van der Waals surface area contributed by atoms with Crippen molar-refractivity contribution < 1.29 is 0 Å². The predicted octanol–water partition coefficient (Wildman–Crippen LogP) is 1.76. The summed E-state index contributed by atoms with van der Waals surface area (Å²) in [6, 6.07) is 0. The van der Waals surface area contributed by atoms with Crippen LogP contribution < -0.4 is 0 Å². The standard InChI is InChI=1S/C8H11N3/c1-2-3-4-8-10-5-6-11(8)7-9/h3-7,9H,2H2,1H3/b4-3-,9-7?. The average Bonchev–Trinajstić information content (AvgIpc) is 2.47. The lowest BCUT2D eigenvalue weighted by Gasteiger charge is -1.92. The Morgan fingerprint density at radius 3 is 3.18 bits per heavy atom. The summed E-state index contributed by atoms with van der Waals surface area (Å²) in [6.45, 7) is 2.06. The molecule has 0 saturated heterocycles. The zero-order chi connectivity index (χ0) is 8.10. The van der Waals surface area contributed by atoms with Gasteiger partial charge in [-0.2, -0.15) is 0 Å². The summed E-state index contributed by atoms with van der Waals surface area (Å²) in [6.07, 6.45) is 9.59. The van der Waals surface area contributed by atoms with Crippen molar-refractivity contribution in [2.75, 3.05) is 0 Å². The molecule has 0 atom stereocenters. The highest BCUT2D eigenvalue weighted by atomic mass is 15.1. The zero-order valence-electron chi connectivity index (χ0n) is 6.49. The van der Waals surface area contributed by atoms with Crippen molar-refractivity contribution in [1.82, 2.24) is 9.55 Å². The van der Waals surface area contributed by atoms with Gasteiger partial charge in [0.25, 0.3) is 0 Å². The molecule has 0 aromatic carbocycles. The van der Waals surface area contributed by atoms with Crippen LogP contribution in [-0.2, 0) is 0 Å². The number of hydrogen-bond acceptors (Lipinski definition) is 2. The third kappa shape index (κ3) is 1.77. The molecule has 0 spiro atoms. The second-order valence-corrected chi connectivity index (χ2v) is 2.13. The molecule has 0 aliphatic carbocycles. The van der Waals surface area contributed by atoms with E-state index in [4.69, 9.17) is 5.41 Å². The molecule has 58 valence electrons. The Bertz CT molecular complexity index is 260. The maximum absolute atomic E-state index is 7.00. The average molecular weight is 149 g/mol. The highest BCUT2D eigenvalue weighted by molar-refractivity contribution is 5.60. The van der Waals surface area contributed by atoms with Gasteiger partial charge in [0.1, 0.15) is 5.82 Å². The first kappa shape index (κ1) is 7.72. The molecule has 11 heavy (non-hydrogen) atoms. The van der Waals surface area contributed by atoms with Gasteiger partial charge in [-0.1, -0.05) is 13.0 Å². The van der Waals surface area contributed by atoms with Crippen molar-refractivity contribution in [3.05, 3.63) is 24.3 Å². The maximum atomic E-state index is 7.00. The minimum atomic E-state index is 0.807. The predicted molar refractivity (Wildman–Crippen MR) is 45.7 cm³/mol. The third-order valence-electron chi connectivity index (χ3n) is 1.34. The molecule has 1 aromatic rings. The Balaban J connectivity index is 2.84. The molecule has 0 aliphatic rings. The van der Waals surface area contributed by atoms with Crippen LogP contribution in [-0.4, -0.2) is 15.9 Å². The van der Waals surface area contributed by atoms with Gasteiger partial charge in [0.15, 0.2) is 0 Å². The summed E-state index contributed by atoms with van der Waals surface area (Å²) in [4.78, 5) is 4.05. The topological polar surface area (TPSA) is 41.7 Å².